The van der Waals surface area contributed by atoms with Gasteiger partial charge in [0.05, 0.1) is 28.8 Å². The van der Waals surface area contributed by atoms with Crippen LogP contribution in [0, 0.1) is 0 Å². The second-order valence-electron chi connectivity index (χ2n) is 13.7. The highest BCUT2D eigenvalue weighted by molar-refractivity contribution is 5.90. The lowest BCUT2D eigenvalue weighted by molar-refractivity contribution is 0.662. The van der Waals surface area contributed by atoms with E-state index in [0.29, 0.717) is 21.4 Å². The van der Waals surface area contributed by atoms with Crippen molar-refractivity contribution in [1.82, 2.24) is 0 Å². The Kier molecular flexibility index (Phi) is 4.44. The molecule has 0 radical (unpaired) electrons. The lowest BCUT2D eigenvalue weighted by atomic mass is 9.79. The maximum absolute atomic E-state index is 9.85. The first-order valence-corrected chi connectivity index (χ1v) is 17.8. The molecule has 56 heavy (non-hydrogen) atoms. The molecule has 0 aliphatic heterocycles. The van der Waals surface area contributed by atoms with Crippen molar-refractivity contribution in [1.29, 1.82) is 0 Å². The zero-order valence-corrected chi connectivity index (χ0v) is 30.0. The van der Waals surface area contributed by atoms with E-state index in [2.05, 4.69) is 0 Å². The number of nitrogens with zero attached hydrogens (tertiary/aromatic N) is 1. The van der Waals surface area contributed by atoms with Crippen LogP contribution in [0.5, 0.6) is 0 Å². The van der Waals surface area contributed by atoms with E-state index in [9.17, 15) is 13.7 Å². The van der Waals surface area contributed by atoms with Crippen molar-refractivity contribution in [3.8, 4) is 55.6 Å². The highest BCUT2D eigenvalue weighted by Gasteiger charge is 2.37. The summed E-state index contributed by atoms with van der Waals surface area (Å²) in [5, 5.41) is 1.46. The molecular weight excluding hydrogens is 675 g/mol. The fraction of sp³-hybridized carbons (Fsp3) is 0.0545. The summed E-state index contributed by atoms with van der Waals surface area (Å²) >= 11 is 0. The molecule has 0 saturated carbocycles. The van der Waals surface area contributed by atoms with E-state index >= 15 is 0 Å². The maximum atomic E-state index is 9.85. The van der Waals surface area contributed by atoms with E-state index in [4.69, 9.17) is 15.1 Å². The molecule has 10 rings (SSSR count). The molecule has 1 heteroatoms. The molecule has 0 aromatic heterocycles. The summed E-state index contributed by atoms with van der Waals surface area (Å²) in [7, 11) is 0. The van der Waals surface area contributed by atoms with Crippen molar-refractivity contribution in [2.45, 2.75) is 19.3 Å². The van der Waals surface area contributed by atoms with Crippen LogP contribution in [0.1, 0.15) is 53.8 Å². The Morgan fingerprint density at radius 1 is 0.393 bits per heavy atom. The van der Waals surface area contributed by atoms with E-state index in [1.165, 1.54) is 0 Å². The molecule has 0 atom stereocenters. The normalized spacial score (nSPS) is 17.9. The number of rotatable bonds is 7. The van der Waals surface area contributed by atoms with Crippen molar-refractivity contribution in [2.75, 3.05) is 4.90 Å². The largest absolute Gasteiger partial charge is 0.310 e. The summed E-state index contributed by atoms with van der Waals surface area (Å²) in [6, 6.07) is 7.20. The zero-order chi connectivity index (χ0) is 55.9. The van der Waals surface area contributed by atoms with E-state index in [0.717, 1.165) is 22.1 Å². The fourth-order valence-corrected chi connectivity index (χ4v) is 7.36. The molecule has 0 N–H and O–H groups in total. The Bertz CT molecular complexity index is 3990. The molecule has 9 aromatic carbocycles. The van der Waals surface area contributed by atoms with Crippen LogP contribution in [0.2, 0.25) is 0 Å². The van der Waals surface area contributed by atoms with E-state index in [-0.39, 0.29) is 16.7 Å². The summed E-state index contributed by atoms with van der Waals surface area (Å²) in [6.45, 7) is 3.95. The summed E-state index contributed by atoms with van der Waals surface area (Å²) in [6.07, 6.45) is 0. The average molecular weight is 737 g/mol. The fourth-order valence-electron chi connectivity index (χ4n) is 7.36. The second kappa shape index (κ2) is 13.7. The molecule has 0 fully saturated rings. The number of hydrogen-bond acceptors (Lipinski definition) is 1. The molecule has 0 amide bonds. The monoisotopic (exact) mass is 736 g/mol. The van der Waals surface area contributed by atoms with E-state index in [1.807, 2.05) is 56.3 Å². The Morgan fingerprint density at radius 3 is 1.66 bits per heavy atom. The van der Waals surface area contributed by atoms with Gasteiger partial charge in [0, 0.05) is 22.5 Å². The molecule has 1 aliphatic rings. The molecule has 0 bridgehead atoms. The van der Waals surface area contributed by atoms with Gasteiger partial charge in [0.15, 0.2) is 0 Å². The summed E-state index contributed by atoms with van der Waals surface area (Å²) < 4.78 is 193. The minimum atomic E-state index is -1.05. The number of fused-ring (bicyclic) bond motifs is 4. The van der Waals surface area contributed by atoms with Crippen molar-refractivity contribution < 1.29 is 28.8 Å². The van der Waals surface area contributed by atoms with Crippen molar-refractivity contribution in [3.05, 3.63) is 223 Å². The van der Waals surface area contributed by atoms with Crippen LogP contribution in [0.3, 0.4) is 0 Å². The average Bonchev–Trinajstić information content (AvgIpc) is 3.69. The van der Waals surface area contributed by atoms with Crippen LogP contribution >= 0.6 is 0 Å². The molecule has 0 unspecified atom stereocenters. The third-order valence-electron chi connectivity index (χ3n) is 10.0. The van der Waals surface area contributed by atoms with E-state index in [1.54, 1.807) is 42.5 Å². The van der Waals surface area contributed by atoms with Gasteiger partial charge >= 0.3 is 0 Å². The van der Waals surface area contributed by atoms with Crippen molar-refractivity contribution in [2.24, 2.45) is 0 Å². The Balaban J connectivity index is 1.28. The molecule has 0 heterocycles. The van der Waals surface area contributed by atoms with Gasteiger partial charge in [0.1, 0.15) is 0 Å². The number of anilines is 3. The van der Waals surface area contributed by atoms with Crippen LogP contribution in [-0.4, -0.2) is 0 Å². The van der Waals surface area contributed by atoms with Crippen LogP contribution < -0.4 is 4.90 Å². The second-order valence-corrected chi connectivity index (χ2v) is 13.7. The predicted molar refractivity (Wildman–Crippen MR) is 238 cm³/mol. The summed E-state index contributed by atoms with van der Waals surface area (Å²) in [5.74, 6) is 0. The lowest BCUT2D eigenvalue weighted by Gasteiger charge is -2.27. The van der Waals surface area contributed by atoms with Gasteiger partial charge < -0.3 is 4.90 Å². The molecule has 1 nitrogen and oxygen atoms in total. The van der Waals surface area contributed by atoms with Crippen LogP contribution in [0.4, 0.5) is 17.1 Å². The van der Waals surface area contributed by atoms with Crippen LogP contribution in [-0.2, 0) is 5.41 Å². The van der Waals surface area contributed by atoms with Gasteiger partial charge in [0.25, 0.3) is 0 Å². The highest BCUT2D eigenvalue weighted by Crippen LogP contribution is 2.52. The topological polar surface area (TPSA) is 3.24 Å². The molecule has 0 saturated heterocycles. The number of hydrogen-bond donors (Lipinski definition) is 0. The highest BCUT2D eigenvalue weighted by atomic mass is 15.1. The quantitative estimate of drug-likeness (QED) is 0.157. The summed E-state index contributed by atoms with van der Waals surface area (Å²) in [5.41, 5.74) is -2.40. The first-order valence-electron chi connectivity index (χ1n) is 28.3. The maximum Gasteiger partial charge on any atom is 0.0651 e. The molecule has 266 valence electrons. The first-order chi connectivity index (χ1) is 36.3. The van der Waals surface area contributed by atoms with E-state index < -0.39 is 172 Å². The minimum Gasteiger partial charge on any atom is -0.310 e. The van der Waals surface area contributed by atoms with Crippen molar-refractivity contribution >= 4 is 27.8 Å². The lowest BCUT2D eigenvalue weighted by Crippen LogP contribution is -2.16. The molecule has 0 spiro atoms. The van der Waals surface area contributed by atoms with Gasteiger partial charge in [0.2, 0.25) is 0 Å². The minimum absolute atomic E-state index is 0.136. The standard InChI is InChI=1S/C55H41N/c1-55(2)53-21-9-8-18-51(53)52-20-11-19-50(54(52)55)43-30-34-48(35-31-43)56(49-17-10-16-45(37-49)46-27-26-39-14-6-7-15-44(39)36-46)47-32-28-42(29-33-47)41-24-22-40(23-25-41)38-12-4-3-5-13-38/h3-37H,1-2H3/i3D,4D,5D,10D,12D,13D,16D,17D,22D,23D,24D,25D,28D,29D,30D,31D,32D,33D,34D,35D,37D. The molecule has 1 aliphatic carbocycles. The third-order valence-corrected chi connectivity index (χ3v) is 10.0. The van der Waals surface area contributed by atoms with Crippen LogP contribution in [0.25, 0.3) is 66.4 Å². The van der Waals surface area contributed by atoms with Gasteiger partial charge in [-0.2, -0.15) is 0 Å². The van der Waals surface area contributed by atoms with Gasteiger partial charge in [-0.05, 0) is 120 Å². The van der Waals surface area contributed by atoms with Gasteiger partial charge in [-0.1, -0.05) is 183 Å². The van der Waals surface area contributed by atoms with Gasteiger partial charge in [-0.15, -0.1) is 0 Å². The Morgan fingerprint density at radius 2 is 0.946 bits per heavy atom. The Labute approximate surface area is 359 Å². The van der Waals surface area contributed by atoms with Gasteiger partial charge in [-0.3, -0.25) is 0 Å². The number of benzene rings is 9. The van der Waals surface area contributed by atoms with Crippen LogP contribution in [0.15, 0.2) is 212 Å². The van der Waals surface area contributed by atoms with Gasteiger partial charge in [-0.25, -0.2) is 0 Å². The van der Waals surface area contributed by atoms with Crippen molar-refractivity contribution in [3.63, 3.8) is 0 Å². The third kappa shape index (κ3) is 5.90. The zero-order valence-electron chi connectivity index (χ0n) is 51.0. The first kappa shape index (κ1) is 18.1. The smallest absolute Gasteiger partial charge is 0.0651 e. The predicted octanol–water partition coefficient (Wildman–Crippen LogP) is 15.3. The summed E-state index contributed by atoms with van der Waals surface area (Å²) in [4.78, 5) is 0.688. The SMILES string of the molecule is [2H]c1c([2H])c([2H])c(-c2c([2H])c([2H])c(-c3c([2H])c([2H])c(N(c4c([2H])c([2H])c(-c5cccc6c5C(C)(C)c5ccccc5-6)c([2H])c4[2H])c4c([2H])c([2H])c([2H])c(-c5ccc6ccccc6c5)c4[2H])c([2H])c3[2H])c([2H])c2[2H])c([2H])c1[2H]. The molecular formula is C55H41N. The molecule has 9 aromatic rings. The Hall–Kier alpha value is -6.96.